The number of benzene rings is 2. The second-order valence-electron chi connectivity index (χ2n) is 4.71. The molecule has 2 aromatic rings. The fourth-order valence-electron chi connectivity index (χ4n) is 2.22. The zero-order valence-electron chi connectivity index (χ0n) is 11.7. The van der Waals surface area contributed by atoms with Gasteiger partial charge in [-0.15, -0.1) is 0 Å². The molecule has 0 aliphatic heterocycles. The van der Waals surface area contributed by atoms with Crippen LogP contribution in [0.25, 0.3) is 0 Å². The maximum atomic E-state index is 4.50. The van der Waals surface area contributed by atoms with E-state index in [-0.39, 0.29) is 0 Å². The molecule has 2 nitrogen and oxygen atoms in total. The Morgan fingerprint density at radius 1 is 0.895 bits per heavy atom. The Balaban J connectivity index is 2.44. The first-order valence-electron chi connectivity index (χ1n) is 6.60. The van der Waals surface area contributed by atoms with Crippen molar-refractivity contribution < 1.29 is 0 Å². The third-order valence-corrected chi connectivity index (χ3v) is 3.02. The van der Waals surface area contributed by atoms with Crippen LogP contribution < -0.4 is 4.90 Å². The normalized spacial score (nSPS) is 11.7. The third kappa shape index (κ3) is 3.02. The van der Waals surface area contributed by atoms with Crippen LogP contribution in [-0.2, 0) is 0 Å². The van der Waals surface area contributed by atoms with Crippen LogP contribution in [0.15, 0.2) is 65.7 Å². The van der Waals surface area contributed by atoms with Crippen molar-refractivity contribution in [2.45, 2.75) is 19.9 Å². The predicted molar refractivity (Wildman–Crippen MR) is 83.0 cm³/mol. The van der Waals surface area contributed by atoms with Crippen molar-refractivity contribution in [1.29, 1.82) is 0 Å². The molecule has 19 heavy (non-hydrogen) atoms. The van der Waals surface area contributed by atoms with Crippen LogP contribution in [0.4, 0.5) is 5.69 Å². The molecule has 0 unspecified atom stereocenters. The lowest BCUT2D eigenvalue weighted by atomic mass is 10.1. The Labute approximate surface area is 115 Å². The van der Waals surface area contributed by atoms with Crippen LogP contribution in [0.3, 0.4) is 0 Å². The number of hydrogen-bond acceptors (Lipinski definition) is 1. The summed E-state index contributed by atoms with van der Waals surface area (Å²) in [6.07, 6.45) is 0. The average Bonchev–Trinajstić information content (AvgIpc) is 2.46. The summed E-state index contributed by atoms with van der Waals surface area (Å²) in [5.41, 5.74) is 2.31. The van der Waals surface area contributed by atoms with Gasteiger partial charge >= 0.3 is 0 Å². The second kappa shape index (κ2) is 6.19. The Hall–Kier alpha value is -2.09. The van der Waals surface area contributed by atoms with Gasteiger partial charge in [0.15, 0.2) is 0 Å². The molecule has 0 fully saturated rings. The average molecular weight is 252 g/mol. The highest BCUT2D eigenvalue weighted by Gasteiger charge is 2.17. The van der Waals surface area contributed by atoms with E-state index < -0.39 is 0 Å². The first kappa shape index (κ1) is 13.3. The number of amidine groups is 1. The van der Waals surface area contributed by atoms with Gasteiger partial charge in [0, 0.05) is 24.3 Å². The summed E-state index contributed by atoms with van der Waals surface area (Å²) in [5.74, 6) is 1.00. The van der Waals surface area contributed by atoms with Gasteiger partial charge in [0.2, 0.25) is 0 Å². The third-order valence-electron chi connectivity index (χ3n) is 3.02. The zero-order valence-corrected chi connectivity index (χ0v) is 11.7. The van der Waals surface area contributed by atoms with Crippen molar-refractivity contribution >= 4 is 11.5 Å². The van der Waals surface area contributed by atoms with Gasteiger partial charge in [0.05, 0.1) is 0 Å². The number of aliphatic imine (C=N–C) groups is 1. The van der Waals surface area contributed by atoms with E-state index in [0.717, 1.165) is 11.4 Å². The Kier molecular flexibility index (Phi) is 4.35. The molecule has 0 heterocycles. The molecule has 0 amide bonds. The van der Waals surface area contributed by atoms with Crippen molar-refractivity contribution in [3.8, 4) is 0 Å². The quantitative estimate of drug-likeness (QED) is 0.596. The molecule has 0 N–H and O–H groups in total. The van der Waals surface area contributed by atoms with Crippen molar-refractivity contribution in [3.05, 3.63) is 66.2 Å². The molecule has 0 atom stereocenters. The van der Waals surface area contributed by atoms with Gasteiger partial charge in [-0.05, 0) is 26.0 Å². The molecule has 98 valence electrons. The molecule has 0 aliphatic carbocycles. The van der Waals surface area contributed by atoms with E-state index in [4.69, 9.17) is 0 Å². The maximum absolute atomic E-state index is 4.50. The molecule has 0 saturated carbocycles. The monoisotopic (exact) mass is 252 g/mol. The van der Waals surface area contributed by atoms with E-state index in [1.54, 1.807) is 0 Å². The van der Waals surface area contributed by atoms with Crippen LogP contribution in [-0.4, -0.2) is 18.9 Å². The summed E-state index contributed by atoms with van der Waals surface area (Å²) < 4.78 is 0. The van der Waals surface area contributed by atoms with E-state index in [1.807, 2.05) is 31.3 Å². The van der Waals surface area contributed by atoms with E-state index in [0.29, 0.717) is 6.04 Å². The van der Waals surface area contributed by atoms with Crippen LogP contribution in [0.2, 0.25) is 0 Å². The number of para-hydroxylation sites is 1. The molecule has 2 rings (SSSR count). The van der Waals surface area contributed by atoms with Crippen LogP contribution in [0.1, 0.15) is 19.4 Å². The fourth-order valence-corrected chi connectivity index (χ4v) is 2.22. The molecular formula is C17H20N2. The topological polar surface area (TPSA) is 15.6 Å². The van der Waals surface area contributed by atoms with Crippen molar-refractivity contribution in [1.82, 2.24) is 0 Å². The van der Waals surface area contributed by atoms with E-state index in [2.05, 4.69) is 60.1 Å². The molecule has 2 heteroatoms. The lowest BCUT2D eigenvalue weighted by Crippen LogP contribution is -2.37. The van der Waals surface area contributed by atoms with Crippen LogP contribution in [0, 0.1) is 0 Å². The molecule has 0 bridgehead atoms. The first-order chi connectivity index (χ1) is 9.24. The zero-order chi connectivity index (χ0) is 13.7. The van der Waals surface area contributed by atoms with Gasteiger partial charge in [-0.2, -0.15) is 0 Å². The molecule has 0 aromatic heterocycles. The van der Waals surface area contributed by atoms with Crippen LogP contribution >= 0.6 is 0 Å². The van der Waals surface area contributed by atoms with Gasteiger partial charge in [-0.25, -0.2) is 0 Å². The molecule has 0 saturated heterocycles. The summed E-state index contributed by atoms with van der Waals surface area (Å²) in [6.45, 7) is 4.36. The smallest absolute Gasteiger partial charge is 0.135 e. The summed E-state index contributed by atoms with van der Waals surface area (Å²) in [7, 11) is 1.85. The van der Waals surface area contributed by atoms with Gasteiger partial charge in [0.1, 0.15) is 5.84 Å². The van der Waals surface area contributed by atoms with Crippen molar-refractivity contribution in [2.24, 2.45) is 4.99 Å². The number of anilines is 1. The van der Waals surface area contributed by atoms with Crippen molar-refractivity contribution in [3.63, 3.8) is 0 Å². The Morgan fingerprint density at radius 2 is 1.42 bits per heavy atom. The minimum absolute atomic E-state index is 0.348. The first-order valence-corrected chi connectivity index (χ1v) is 6.60. The molecule has 2 aromatic carbocycles. The van der Waals surface area contributed by atoms with Crippen LogP contribution in [0.5, 0.6) is 0 Å². The summed E-state index contributed by atoms with van der Waals surface area (Å²) in [5, 5.41) is 0. The fraction of sp³-hybridized carbons (Fsp3) is 0.235. The summed E-state index contributed by atoms with van der Waals surface area (Å²) in [4.78, 5) is 6.76. The van der Waals surface area contributed by atoms with Gasteiger partial charge in [-0.3, -0.25) is 4.99 Å². The number of rotatable bonds is 3. The number of hydrogen-bond donors (Lipinski definition) is 0. The van der Waals surface area contributed by atoms with E-state index in [1.165, 1.54) is 5.69 Å². The lowest BCUT2D eigenvalue weighted by molar-refractivity contribution is 0.805. The Bertz CT molecular complexity index is 530. The maximum Gasteiger partial charge on any atom is 0.135 e. The van der Waals surface area contributed by atoms with Crippen molar-refractivity contribution in [2.75, 3.05) is 11.9 Å². The molecule has 0 aliphatic rings. The van der Waals surface area contributed by atoms with Gasteiger partial charge in [-0.1, -0.05) is 48.5 Å². The lowest BCUT2D eigenvalue weighted by Gasteiger charge is -2.30. The van der Waals surface area contributed by atoms with Gasteiger partial charge in [0.25, 0.3) is 0 Å². The SMILES string of the molecule is CN=C(c1ccccc1)N(c1ccccc1)C(C)C. The minimum Gasteiger partial charge on any atom is -0.324 e. The van der Waals surface area contributed by atoms with E-state index in [9.17, 15) is 0 Å². The highest BCUT2D eigenvalue weighted by atomic mass is 15.2. The molecular weight excluding hydrogens is 232 g/mol. The number of nitrogens with zero attached hydrogens (tertiary/aromatic N) is 2. The minimum atomic E-state index is 0.348. The van der Waals surface area contributed by atoms with Gasteiger partial charge < -0.3 is 4.90 Å². The summed E-state index contributed by atoms with van der Waals surface area (Å²) in [6, 6.07) is 21.1. The largest absolute Gasteiger partial charge is 0.324 e. The highest BCUT2D eigenvalue weighted by molar-refractivity contribution is 6.10. The molecule has 0 radical (unpaired) electrons. The second-order valence-corrected chi connectivity index (χ2v) is 4.71. The highest BCUT2D eigenvalue weighted by Crippen LogP contribution is 2.20. The molecule has 0 spiro atoms. The Morgan fingerprint density at radius 3 is 1.89 bits per heavy atom. The summed E-state index contributed by atoms with van der Waals surface area (Å²) >= 11 is 0. The standard InChI is InChI=1S/C17H20N2/c1-14(2)19(16-12-8-5-9-13-16)17(18-3)15-10-6-4-7-11-15/h4-14H,1-3H3. The predicted octanol–water partition coefficient (Wildman–Crippen LogP) is 3.98. The van der Waals surface area contributed by atoms with E-state index >= 15 is 0 Å².